The molecule has 2 heteroatoms. The number of hydrogen-bond donors (Lipinski definition) is 0. The van der Waals surface area contributed by atoms with Crippen molar-refractivity contribution < 1.29 is 9.47 Å². The summed E-state index contributed by atoms with van der Waals surface area (Å²) in [7, 11) is 0. The molecule has 1 heterocycles. The van der Waals surface area contributed by atoms with E-state index in [0.29, 0.717) is 6.10 Å². The van der Waals surface area contributed by atoms with E-state index in [4.69, 9.17) is 9.47 Å². The second-order valence-corrected chi connectivity index (χ2v) is 2.84. The van der Waals surface area contributed by atoms with Crippen LogP contribution >= 0.6 is 0 Å². The molecule has 1 fully saturated rings. The van der Waals surface area contributed by atoms with Gasteiger partial charge in [-0.2, -0.15) is 0 Å². The third-order valence-electron chi connectivity index (χ3n) is 1.86. The number of epoxide rings is 1. The number of hydrogen-bond acceptors (Lipinski definition) is 2. The van der Waals surface area contributed by atoms with E-state index in [1.54, 1.807) is 0 Å². The van der Waals surface area contributed by atoms with Crippen LogP contribution in [-0.2, 0) is 9.47 Å². The van der Waals surface area contributed by atoms with Crippen LogP contribution in [0.15, 0.2) is 12.8 Å². The van der Waals surface area contributed by atoms with Gasteiger partial charge in [-0.25, -0.2) is 0 Å². The first kappa shape index (κ1) is 8.60. The van der Waals surface area contributed by atoms with Crippen molar-refractivity contribution in [3.63, 3.8) is 0 Å². The Kier molecular flexibility index (Phi) is 3.43. The number of rotatable bonds is 6. The quantitative estimate of drug-likeness (QED) is 0.335. The summed E-state index contributed by atoms with van der Waals surface area (Å²) in [6.07, 6.45) is 6.75. The monoisotopic (exact) mass is 156 g/mol. The zero-order chi connectivity index (χ0) is 8.10. The molecule has 0 radical (unpaired) electrons. The molecule has 0 aromatic heterocycles. The van der Waals surface area contributed by atoms with Gasteiger partial charge >= 0.3 is 0 Å². The Bertz CT molecular complexity index is 123. The van der Waals surface area contributed by atoms with Gasteiger partial charge in [0.25, 0.3) is 0 Å². The SMILES string of the molecule is C=COC1OC1CCCCC. The lowest BCUT2D eigenvalue weighted by atomic mass is 10.2. The molecule has 0 aromatic carbocycles. The normalized spacial score (nSPS) is 28.1. The Morgan fingerprint density at radius 3 is 3.00 bits per heavy atom. The van der Waals surface area contributed by atoms with E-state index in [1.807, 2.05) is 0 Å². The van der Waals surface area contributed by atoms with Crippen LogP contribution < -0.4 is 0 Å². The number of ether oxygens (including phenoxy) is 2. The summed E-state index contributed by atoms with van der Waals surface area (Å²) in [5.41, 5.74) is 0. The van der Waals surface area contributed by atoms with Gasteiger partial charge in [0.1, 0.15) is 6.10 Å². The zero-order valence-electron chi connectivity index (χ0n) is 7.08. The maximum absolute atomic E-state index is 5.21. The molecular formula is C9H16O2. The van der Waals surface area contributed by atoms with Gasteiger partial charge in [-0.15, -0.1) is 0 Å². The van der Waals surface area contributed by atoms with Gasteiger partial charge in [0, 0.05) is 0 Å². The molecule has 0 bridgehead atoms. The molecule has 0 aliphatic carbocycles. The molecule has 1 rings (SSSR count). The second kappa shape index (κ2) is 4.39. The van der Waals surface area contributed by atoms with Crippen molar-refractivity contribution in [3.05, 3.63) is 12.8 Å². The minimum Gasteiger partial charge on any atom is -0.470 e. The largest absolute Gasteiger partial charge is 0.470 e. The van der Waals surface area contributed by atoms with E-state index in [2.05, 4.69) is 13.5 Å². The van der Waals surface area contributed by atoms with Gasteiger partial charge in [-0.3, -0.25) is 0 Å². The summed E-state index contributed by atoms with van der Waals surface area (Å²) in [6, 6.07) is 0. The third kappa shape index (κ3) is 2.93. The Morgan fingerprint density at radius 1 is 1.55 bits per heavy atom. The molecule has 2 nitrogen and oxygen atoms in total. The van der Waals surface area contributed by atoms with Crippen molar-refractivity contribution >= 4 is 0 Å². The van der Waals surface area contributed by atoms with Crippen LogP contribution in [0.3, 0.4) is 0 Å². The van der Waals surface area contributed by atoms with Gasteiger partial charge in [-0.1, -0.05) is 32.8 Å². The highest BCUT2D eigenvalue weighted by molar-refractivity contribution is 4.78. The second-order valence-electron chi connectivity index (χ2n) is 2.84. The highest BCUT2D eigenvalue weighted by Gasteiger charge is 2.39. The Hall–Kier alpha value is -0.500. The molecule has 1 saturated heterocycles. The van der Waals surface area contributed by atoms with Gasteiger partial charge < -0.3 is 9.47 Å². The Morgan fingerprint density at radius 2 is 2.36 bits per heavy atom. The molecule has 0 saturated carbocycles. The summed E-state index contributed by atoms with van der Waals surface area (Å²) in [5.74, 6) is 0. The fraction of sp³-hybridized carbons (Fsp3) is 0.778. The minimum atomic E-state index is 0.0179. The summed E-state index contributed by atoms with van der Waals surface area (Å²) >= 11 is 0. The van der Waals surface area contributed by atoms with Crippen molar-refractivity contribution in [3.8, 4) is 0 Å². The van der Waals surface area contributed by atoms with Gasteiger partial charge in [0.15, 0.2) is 0 Å². The van der Waals surface area contributed by atoms with Crippen molar-refractivity contribution in [2.45, 2.75) is 45.0 Å². The van der Waals surface area contributed by atoms with Crippen LogP contribution in [0.5, 0.6) is 0 Å². The molecular weight excluding hydrogens is 140 g/mol. The van der Waals surface area contributed by atoms with Crippen LogP contribution in [0.25, 0.3) is 0 Å². The Balaban J connectivity index is 1.91. The summed E-state index contributed by atoms with van der Waals surface area (Å²) in [4.78, 5) is 0. The first-order valence-electron chi connectivity index (χ1n) is 4.30. The molecule has 11 heavy (non-hydrogen) atoms. The lowest BCUT2D eigenvalue weighted by Gasteiger charge is -1.93. The van der Waals surface area contributed by atoms with Crippen molar-refractivity contribution in [2.24, 2.45) is 0 Å². The summed E-state index contributed by atoms with van der Waals surface area (Å²) in [5, 5.41) is 0. The zero-order valence-corrected chi connectivity index (χ0v) is 7.08. The van der Waals surface area contributed by atoms with Crippen LogP contribution in [0, 0.1) is 0 Å². The van der Waals surface area contributed by atoms with E-state index in [1.165, 1.54) is 25.5 Å². The lowest BCUT2D eigenvalue weighted by Crippen LogP contribution is -1.94. The lowest BCUT2D eigenvalue weighted by molar-refractivity contribution is 0.131. The van der Waals surface area contributed by atoms with E-state index >= 15 is 0 Å². The molecule has 0 amide bonds. The van der Waals surface area contributed by atoms with Gasteiger partial charge in [-0.05, 0) is 6.42 Å². The van der Waals surface area contributed by atoms with E-state index in [9.17, 15) is 0 Å². The third-order valence-corrected chi connectivity index (χ3v) is 1.86. The topological polar surface area (TPSA) is 21.8 Å². The minimum absolute atomic E-state index is 0.0179. The van der Waals surface area contributed by atoms with Crippen LogP contribution in [0.1, 0.15) is 32.6 Å². The van der Waals surface area contributed by atoms with Gasteiger partial charge in [0.2, 0.25) is 6.29 Å². The van der Waals surface area contributed by atoms with E-state index < -0.39 is 0 Å². The summed E-state index contributed by atoms with van der Waals surface area (Å²) < 4.78 is 10.2. The molecule has 1 aliphatic rings. The molecule has 0 aromatic rings. The van der Waals surface area contributed by atoms with Crippen LogP contribution in [-0.4, -0.2) is 12.4 Å². The highest BCUT2D eigenvalue weighted by atomic mass is 16.8. The molecule has 0 spiro atoms. The maximum Gasteiger partial charge on any atom is 0.226 e. The van der Waals surface area contributed by atoms with Crippen molar-refractivity contribution in [1.82, 2.24) is 0 Å². The smallest absolute Gasteiger partial charge is 0.226 e. The first-order chi connectivity index (χ1) is 5.38. The Labute approximate surface area is 68.2 Å². The fourth-order valence-electron chi connectivity index (χ4n) is 1.14. The molecule has 2 atom stereocenters. The molecule has 0 N–H and O–H groups in total. The van der Waals surface area contributed by atoms with Crippen LogP contribution in [0.4, 0.5) is 0 Å². The van der Waals surface area contributed by atoms with E-state index in [-0.39, 0.29) is 6.29 Å². The standard InChI is InChI=1S/C9H16O2/c1-3-5-6-7-8-9(11-8)10-4-2/h4,8-9H,2-3,5-7H2,1H3. The van der Waals surface area contributed by atoms with Gasteiger partial charge in [0.05, 0.1) is 6.26 Å². The fourth-order valence-corrected chi connectivity index (χ4v) is 1.14. The maximum atomic E-state index is 5.21. The highest BCUT2D eigenvalue weighted by Crippen LogP contribution is 2.28. The average Bonchev–Trinajstić information content (AvgIpc) is 2.70. The molecule has 64 valence electrons. The molecule has 1 aliphatic heterocycles. The first-order valence-corrected chi connectivity index (χ1v) is 4.30. The van der Waals surface area contributed by atoms with E-state index in [0.717, 1.165) is 6.42 Å². The van der Waals surface area contributed by atoms with Crippen LogP contribution in [0.2, 0.25) is 0 Å². The molecule has 2 unspecified atom stereocenters. The predicted molar refractivity (Wildman–Crippen MR) is 44.1 cm³/mol. The van der Waals surface area contributed by atoms with Crippen molar-refractivity contribution in [2.75, 3.05) is 0 Å². The predicted octanol–water partition coefficient (Wildman–Crippen LogP) is 2.45. The number of unbranched alkanes of at least 4 members (excludes halogenated alkanes) is 2. The van der Waals surface area contributed by atoms with Crippen molar-refractivity contribution in [1.29, 1.82) is 0 Å². The summed E-state index contributed by atoms with van der Waals surface area (Å²) in [6.45, 7) is 5.67. The average molecular weight is 156 g/mol.